The Kier molecular flexibility index (Phi) is 4.11. The molecule has 0 bridgehead atoms. The summed E-state index contributed by atoms with van der Waals surface area (Å²) in [6, 6.07) is 12.2. The Morgan fingerprint density at radius 1 is 1.14 bits per heavy atom. The first-order valence-corrected chi connectivity index (χ1v) is 7.67. The van der Waals surface area contributed by atoms with Crippen molar-refractivity contribution >= 4 is 21.5 Å². The van der Waals surface area contributed by atoms with E-state index in [-0.39, 0.29) is 0 Å². The van der Waals surface area contributed by atoms with Crippen molar-refractivity contribution in [2.24, 2.45) is 5.92 Å². The maximum absolute atomic E-state index is 4.49. The van der Waals surface area contributed by atoms with Gasteiger partial charge in [0.05, 0.1) is 11.4 Å². The van der Waals surface area contributed by atoms with E-state index in [2.05, 4.69) is 62.8 Å². The molecule has 3 rings (SSSR count). The van der Waals surface area contributed by atoms with Crippen LogP contribution in [0.4, 0.5) is 0 Å². The second-order valence-corrected chi connectivity index (χ2v) is 5.64. The zero-order valence-electron chi connectivity index (χ0n) is 11.5. The second-order valence-electron chi connectivity index (χ2n) is 4.93. The number of rotatable bonds is 3. The van der Waals surface area contributed by atoms with Crippen molar-refractivity contribution in [3.63, 3.8) is 0 Å². The minimum absolute atomic E-state index is 0.424. The van der Waals surface area contributed by atoms with E-state index >= 15 is 0 Å². The maximum atomic E-state index is 4.49. The monoisotopic (exact) mass is 338 g/mol. The molecule has 1 atom stereocenters. The Hall–Kier alpha value is -2.00. The molecule has 0 aliphatic heterocycles. The first-order valence-electron chi connectivity index (χ1n) is 6.87. The third-order valence-corrected chi connectivity index (χ3v) is 3.85. The molecule has 0 radical (unpaired) electrons. The third-order valence-electron chi connectivity index (χ3n) is 3.50. The van der Waals surface area contributed by atoms with Gasteiger partial charge in [0.25, 0.3) is 0 Å². The third kappa shape index (κ3) is 3.19. The Morgan fingerprint density at radius 2 is 1.90 bits per heavy atom. The summed E-state index contributed by atoms with van der Waals surface area (Å²) in [5.74, 6) is 0.424. The van der Waals surface area contributed by atoms with E-state index in [9.17, 15) is 0 Å². The molecule has 2 nitrogen and oxygen atoms in total. The lowest BCUT2D eigenvalue weighted by Crippen LogP contribution is -1.99. The smallest absolute Gasteiger partial charge is 0.197 e. The van der Waals surface area contributed by atoms with Crippen LogP contribution in [0.3, 0.4) is 0 Å². The summed E-state index contributed by atoms with van der Waals surface area (Å²) in [6.45, 7) is 3.84. The molecule has 0 amide bonds. The first-order chi connectivity index (χ1) is 10.3. The fraction of sp³-hybridized carbons (Fsp3) is 0.111. The average molecular weight is 339 g/mol. The van der Waals surface area contributed by atoms with Crippen LogP contribution in [0.15, 0.2) is 72.0 Å². The van der Waals surface area contributed by atoms with E-state index in [0.29, 0.717) is 10.7 Å². The van der Waals surface area contributed by atoms with Gasteiger partial charge in [0, 0.05) is 5.56 Å². The molecule has 0 fully saturated rings. The summed E-state index contributed by atoms with van der Waals surface area (Å²) in [7, 11) is 0. The minimum atomic E-state index is 0.424. The Labute approximate surface area is 133 Å². The maximum Gasteiger partial charge on any atom is 0.197 e. The van der Waals surface area contributed by atoms with Gasteiger partial charge in [-0.2, -0.15) is 0 Å². The van der Waals surface area contributed by atoms with Crippen LogP contribution in [0.2, 0.25) is 0 Å². The molecule has 104 valence electrons. The fourth-order valence-electron chi connectivity index (χ4n) is 2.32. The van der Waals surface area contributed by atoms with Crippen molar-refractivity contribution in [1.29, 1.82) is 0 Å². The quantitative estimate of drug-likeness (QED) is 0.578. The van der Waals surface area contributed by atoms with Crippen LogP contribution in [0, 0.1) is 5.92 Å². The van der Waals surface area contributed by atoms with Crippen molar-refractivity contribution in [3.8, 4) is 11.3 Å². The molecular formula is C18H15BrN2. The normalized spacial score (nSPS) is 17.4. The summed E-state index contributed by atoms with van der Waals surface area (Å²) in [4.78, 5) is 8.96. The SMILES string of the molecule is C=CC1C=CC(c2cc(-c3ccccc3)nc(Br)n2)=CC1. The van der Waals surface area contributed by atoms with Gasteiger partial charge in [0.1, 0.15) is 0 Å². The van der Waals surface area contributed by atoms with Gasteiger partial charge in [0.2, 0.25) is 0 Å². The van der Waals surface area contributed by atoms with E-state index in [1.54, 1.807) is 0 Å². The number of nitrogens with zero attached hydrogens (tertiary/aromatic N) is 2. The van der Waals surface area contributed by atoms with Crippen LogP contribution < -0.4 is 0 Å². The highest BCUT2D eigenvalue weighted by atomic mass is 79.9. The highest BCUT2D eigenvalue weighted by Gasteiger charge is 2.11. The van der Waals surface area contributed by atoms with E-state index in [1.165, 1.54) is 0 Å². The van der Waals surface area contributed by atoms with Gasteiger partial charge >= 0.3 is 0 Å². The molecule has 1 unspecified atom stereocenters. The van der Waals surface area contributed by atoms with E-state index in [0.717, 1.165) is 28.9 Å². The highest BCUT2D eigenvalue weighted by Crippen LogP contribution is 2.27. The topological polar surface area (TPSA) is 25.8 Å². The molecule has 0 N–H and O–H groups in total. The second kappa shape index (κ2) is 6.19. The lowest BCUT2D eigenvalue weighted by Gasteiger charge is -2.13. The number of hydrogen-bond donors (Lipinski definition) is 0. The van der Waals surface area contributed by atoms with E-state index in [4.69, 9.17) is 0 Å². The summed E-state index contributed by atoms with van der Waals surface area (Å²) in [6.07, 6.45) is 9.42. The fourth-order valence-corrected chi connectivity index (χ4v) is 2.71. The summed E-state index contributed by atoms with van der Waals surface area (Å²) >= 11 is 3.41. The molecule has 3 heteroatoms. The Morgan fingerprint density at radius 3 is 2.57 bits per heavy atom. The Bertz CT molecular complexity index is 717. The van der Waals surface area contributed by atoms with Crippen molar-refractivity contribution in [2.75, 3.05) is 0 Å². The summed E-state index contributed by atoms with van der Waals surface area (Å²) in [5.41, 5.74) is 4.08. The van der Waals surface area contributed by atoms with Gasteiger partial charge in [-0.25, -0.2) is 9.97 Å². The zero-order chi connectivity index (χ0) is 14.7. The molecule has 21 heavy (non-hydrogen) atoms. The molecule has 0 saturated carbocycles. The summed E-state index contributed by atoms with van der Waals surface area (Å²) in [5, 5.41) is 0. The van der Waals surface area contributed by atoms with Gasteiger partial charge < -0.3 is 0 Å². The highest BCUT2D eigenvalue weighted by molar-refractivity contribution is 9.10. The number of hydrogen-bond acceptors (Lipinski definition) is 2. The number of halogens is 1. The van der Waals surface area contributed by atoms with Crippen molar-refractivity contribution < 1.29 is 0 Å². The van der Waals surface area contributed by atoms with Gasteiger partial charge in [-0.3, -0.25) is 0 Å². The van der Waals surface area contributed by atoms with Crippen molar-refractivity contribution in [1.82, 2.24) is 9.97 Å². The Balaban J connectivity index is 1.98. The number of aromatic nitrogens is 2. The lowest BCUT2D eigenvalue weighted by molar-refractivity contribution is 0.826. The zero-order valence-corrected chi connectivity index (χ0v) is 13.1. The molecule has 2 aromatic rings. The van der Waals surface area contributed by atoms with Crippen molar-refractivity contribution in [2.45, 2.75) is 6.42 Å². The number of allylic oxidation sites excluding steroid dienone is 5. The van der Waals surface area contributed by atoms with Gasteiger partial charge in [-0.05, 0) is 39.9 Å². The van der Waals surface area contributed by atoms with Crippen molar-refractivity contribution in [3.05, 3.63) is 77.7 Å². The van der Waals surface area contributed by atoms with Crippen LogP contribution in [0.25, 0.3) is 16.8 Å². The van der Waals surface area contributed by atoms with Gasteiger partial charge in [-0.15, -0.1) is 6.58 Å². The molecule has 0 saturated heterocycles. The van der Waals surface area contributed by atoms with Gasteiger partial charge in [-0.1, -0.05) is 54.6 Å². The molecule has 1 heterocycles. The minimum Gasteiger partial charge on any atom is -0.222 e. The van der Waals surface area contributed by atoms with Crippen LogP contribution in [-0.2, 0) is 0 Å². The molecular weight excluding hydrogens is 324 g/mol. The van der Waals surface area contributed by atoms with Crippen LogP contribution in [0.5, 0.6) is 0 Å². The van der Waals surface area contributed by atoms with Gasteiger partial charge in [0.15, 0.2) is 4.73 Å². The molecule has 1 aromatic carbocycles. The lowest BCUT2D eigenvalue weighted by atomic mass is 9.95. The first kappa shape index (κ1) is 14.0. The molecule has 1 aliphatic carbocycles. The standard InChI is InChI=1S/C18H15BrN2/c1-2-13-8-10-15(11-9-13)17-12-16(20-18(19)21-17)14-6-4-3-5-7-14/h2-8,10-13H,1,9H2. The molecule has 1 aromatic heterocycles. The van der Waals surface area contributed by atoms with Crippen LogP contribution >= 0.6 is 15.9 Å². The van der Waals surface area contributed by atoms with Crippen LogP contribution in [-0.4, -0.2) is 9.97 Å². The average Bonchev–Trinajstić information content (AvgIpc) is 2.55. The molecule has 0 spiro atoms. The van der Waals surface area contributed by atoms with E-state index < -0.39 is 0 Å². The summed E-state index contributed by atoms with van der Waals surface area (Å²) < 4.78 is 0.610. The predicted octanol–water partition coefficient (Wildman–Crippen LogP) is 5.05. The number of benzene rings is 1. The molecule has 1 aliphatic rings. The van der Waals surface area contributed by atoms with E-state index in [1.807, 2.05) is 30.3 Å². The predicted molar refractivity (Wildman–Crippen MR) is 90.6 cm³/mol. The van der Waals surface area contributed by atoms with Crippen LogP contribution in [0.1, 0.15) is 12.1 Å². The largest absolute Gasteiger partial charge is 0.222 e.